The average Bonchev–Trinajstić information content (AvgIpc) is 3.06. The normalized spacial score (nSPS) is 13.0. The van der Waals surface area contributed by atoms with Crippen LogP contribution in [-0.4, -0.2) is 36.1 Å². The molecule has 1 heterocycles. The number of carbonyl (C=O) groups excluding carboxylic acids is 1. The van der Waals surface area contributed by atoms with Gasteiger partial charge < -0.3 is 20.1 Å². The van der Waals surface area contributed by atoms with Gasteiger partial charge in [0.15, 0.2) is 0 Å². The van der Waals surface area contributed by atoms with E-state index in [1.165, 1.54) is 0 Å². The number of amides is 2. The Morgan fingerprint density at radius 3 is 2.67 bits per heavy atom. The van der Waals surface area contributed by atoms with Gasteiger partial charge >= 0.3 is 6.03 Å². The van der Waals surface area contributed by atoms with Gasteiger partial charge in [-0.1, -0.05) is 0 Å². The first-order valence-electron chi connectivity index (χ1n) is 7.80. The van der Waals surface area contributed by atoms with Crippen LogP contribution < -0.4 is 20.1 Å². The predicted molar refractivity (Wildman–Crippen MR) is 91.3 cm³/mol. The molecule has 0 aliphatic carbocycles. The smallest absolute Gasteiger partial charge is 0.315 e. The van der Waals surface area contributed by atoms with Gasteiger partial charge in [-0.15, -0.1) is 0 Å². The van der Waals surface area contributed by atoms with Crippen LogP contribution in [0.2, 0.25) is 0 Å². The Kier molecular flexibility index (Phi) is 6.06. The summed E-state index contributed by atoms with van der Waals surface area (Å²) in [5.74, 6) is 1.38. The SMILES string of the molecule is COc1ccc([C@@H](C)NC(=O)N[C@@H](C)Cn2cccn2)c(OC)c1. The summed E-state index contributed by atoms with van der Waals surface area (Å²) in [5, 5.41) is 9.95. The minimum atomic E-state index is -0.236. The van der Waals surface area contributed by atoms with E-state index in [1.54, 1.807) is 31.2 Å². The highest BCUT2D eigenvalue weighted by Crippen LogP contribution is 2.29. The van der Waals surface area contributed by atoms with E-state index in [-0.39, 0.29) is 18.1 Å². The molecule has 7 heteroatoms. The lowest BCUT2D eigenvalue weighted by atomic mass is 10.1. The number of benzene rings is 1. The van der Waals surface area contributed by atoms with Crippen molar-refractivity contribution in [2.75, 3.05) is 14.2 Å². The average molecular weight is 332 g/mol. The number of hydrogen-bond acceptors (Lipinski definition) is 4. The molecule has 0 unspecified atom stereocenters. The van der Waals surface area contributed by atoms with Crippen molar-refractivity contribution in [2.24, 2.45) is 0 Å². The maximum Gasteiger partial charge on any atom is 0.315 e. The van der Waals surface area contributed by atoms with Crippen LogP contribution in [-0.2, 0) is 6.54 Å². The van der Waals surface area contributed by atoms with Crippen molar-refractivity contribution in [3.8, 4) is 11.5 Å². The van der Waals surface area contributed by atoms with E-state index >= 15 is 0 Å². The third-order valence-electron chi connectivity index (χ3n) is 3.65. The molecule has 0 aliphatic heterocycles. The Labute approximate surface area is 142 Å². The van der Waals surface area contributed by atoms with Crippen LogP contribution in [0, 0.1) is 0 Å². The summed E-state index contributed by atoms with van der Waals surface area (Å²) in [6.45, 7) is 4.45. The minimum absolute atomic E-state index is 0.0464. The van der Waals surface area contributed by atoms with Crippen molar-refractivity contribution in [1.29, 1.82) is 0 Å². The Morgan fingerprint density at radius 1 is 1.25 bits per heavy atom. The minimum Gasteiger partial charge on any atom is -0.497 e. The molecule has 24 heavy (non-hydrogen) atoms. The number of nitrogens with zero attached hydrogens (tertiary/aromatic N) is 2. The molecule has 2 atom stereocenters. The molecule has 0 saturated carbocycles. The fourth-order valence-corrected chi connectivity index (χ4v) is 2.45. The van der Waals surface area contributed by atoms with Crippen LogP contribution in [0.3, 0.4) is 0 Å². The molecule has 1 aromatic carbocycles. The molecule has 1 aromatic heterocycles. The number of hydrogen-bond donors (Lipinski definition) is 2. The Hall–Kier alpha value is -2.70. The summed E-state index contributed by atoms with van der Waals surface area (Å²) in [7, 11) is 3.20. The van der Waals surface area contributed by atoms with Gasteiger partial charge in [0.1, 0.15) is 11.5 Å². The zero-order valence-corrected chi connectivity index (χ0v) is 14.4. The lowest BCUT2D eigenvalue weighted by Gasteiger charge is -2.20. The largest absolute Gasteiger partial charge is 0.497 e. The molecule has 2 amide bonds. The molecule has 0 aliphatic rings. The fourth-order valence-electron chi connectivity index (χ4n) is 2.45. The van der Waals surface area contributed by atoms with Crippen LogP contribution in [0.5, 0.6) is 11.5 Å². The van der Waals surface area contributed by atoms with Crippen LogP contribution in [0.1, 0.15) is 25.5 Å². The summed E-state index contributed by atoms with van der Waals surface area (Å²) in [5.41, 5.74) is 0.883. The zero-order valence-electron chi connectivity index (χ0n) is 14.4. The number of carbonyl (C=O) groups is 1. The van der Waals surface area contributed by atoms with E-state index in [9.17, 15) is 4.79 Å². The first-order chi connectivity index (χ1) is 11.5. The first-order valence-corrected chi connectivity index (χ1v) is 7.80. The highest BCUT2D eigenvalue weighted by Gasteiger charge is 2.16. The van der Waals surface area contributed by atoms with Gasteiger partial charge in [-0.05, 0) is 32.0 Å². The number of rotatable bonds is 7. The van der Waals surface area contributed by atoms with Crippen molar-refractivity contribution < 1.29 is 14.3 Å². The summed E-state index contributed by atoms with van der Waals surface area (Å²) in [4.78, 5) is 12.2. The van der Waals surface area contributed by atoms with Gasteiger partial charge in [-0.25, -0.2) is 4.79 Å². The quantitative estimate of drug-likeness (QED) is 0.816. The molecule has 130 valence electrons. The summed E-state index contributed by atoms with van der Waals surface area (Å²) in [6.07, 6.45) is 3.58. The molecule has 0 bridgehead atoms. The second kappa shape index (κ2) is 8.24. The molecule has 0 spiro atoms. The van der Waals surface area contributed by atoms with Crippen molar-refractivity contribution in [3.63, 3.8) is 0 Å². The van der Waals surface area contributed by atoms with E-state index in [0.717, 1.165) is 5.56 Å². The highest BCUT2D eigenvalue weighted by molar-refractivity contribution is 5.74. The standard InChI is InChI=1S/C17H24N4O3/c1-12(11-21-9-5-8-18-21)19-17(22)20-13(2)15-7-6-14(23-3)10-16(15)24-4/h5-10,12-13H,11H2,1-4H3,(H2,19,20,22)/t12-,13+/m0/s1. The van der Waals surface area contributed by atoms with Crippen molar-refractivity contribution in [3.05, 3.63) is 42.2 Å². The molecule has 2 aromatic rings. The molecular weight excluding hydrogens is 308 g/mol. The third-order valence-corrected chi connectivity index (χ3v) is 3.65. The highest BCUT2D eigenvalue weighted by atomic mass is 16.5. The summed E-state index contributed by atoms with van der Waals surface area (Å²) in [6, 6.07) is 6.89. The van der Waals surface area contributed by atoms with Crippen LogP contribution >= 0.6 is 0 Å². The van der Waals surface area contributed by atoms with E-state index in [4.69, 9.17) is 9.47 Å². The maximum absolute atomic E-state index is 12.2. The Balaban J connectivity index is 1.93. The van der Waals surface area contributed by atoms with E-state index in [0.29, 0.717) is 18.0 Å². The summed E-state index contributed by atoms with van der Waals surface area (Å²) >= 11 is 0. The van der Waals surface area contributed by atoms with Gasteiger partial charge in [0.2, 0.25) is 0 Å². The van der Waals surface area contributed by atoms with E-state index in [2.05, 4.69) is 15.7 Å². The maximum atomic E-state index is 12.2. The van der Waals surface area contributed by atoms with Crippen molar-refractivity contribution in [2.45, 2.75) is 32.5 Å². The fraction of sp³-hybridized carbons (Fsp3) is 0.412. The number of urea groups is 1. The van der Waals surface area contributed by atoms with Crippen LogP contribution in [0.15, 0.2) is 36.7 Å². The molecule has 0 fully saturated rings. The zero-order chi connectivity index (χ0) is 17.5. The number of nitrogens with one attached hydrogen (secondary N) is 2. The van der Waals surface area contributed by atoms with Gasteiger partial charge in [0.05, 0.1) is 26.8 Å². The summed E-state index contributed by atoms with van der Waals surface area (Å²) < 4.78 is 12.3. The number of aromatic nitrogens is 2. The van der Waals surface area contributed by atoms with Crippen molar-refractivity contribution in [1.82, 2.24) is 20.4 Å². The lowest BCUT2D eigenvalue weighted by molar-refractivity contribution is 0.233. The van der Waals surface area contributed by atoms with E-state index in [1.807, 2.05) is 38.2 Å². The number of methoxy groups -OCH3 is 2. The van der Waals surface area contributed by atoms with Gasteiger partial charge in [-0.2, -0.15) is 5.10 Å². The second-order valence-corrected chi connectivity index (χ2v) is 5.58. The monoisotopic (exact) mass is 332 g/mol. The topological polar surface area (TPSA) is 77.4 Å². The Morgan fingerprint density at radius 2 is 2.04 bits per heavy atom. The molecule has 0 radical (unpaired) electrons. The second-order valence-electron chi connectivity index (χ2n) is 5.58. The van der Waals surface area contributed by atoms with Crippen LogP contribution in [0.25, 0.3) is 0 Å². The molecule has 7 nitrogen and oxygen atoms in total. The van der Waals surface area contributed by atoms with Crippen molar-refractivity contribution >= 4 is 6.03 Å². The molecular formula is C17H24N4O3. The molecule has 2 rings (SSSR count). The van der Waals surface area contributed by atoms with Gasteiger partial charge in [0.25, 0.3) is 0 Å². The molecule has 0 saturated heterocycles. The van der Waals surface area contributed by atoms with E-state index < -0.39 is 0 Å². The van der Waals surface area contributed by atoms with Crippen LogP contribution in [0.4, 0.5) is 4.79 Å². The van der Waals surface area contributed by atoms with Gasteiger partial charge in [-0.3, -0.25) is 4.68 Å². The Bertz CT molecular complexity index is 658. The predicted octanol–water partition coefficient (Wildman–Crippen LogP) is 2.35. The lowest BCUT2D eigenvalue weighted by Crippen LogP contribution is -2.43. The number of ether oxygens (including phenoxy) is 2. The first kappa shape index (κ1) is 17.7. The third kappa shape index (κ3) is 4.65. The molecule has 2 N–H and O–H groups in total. The van der Waals surface area contributed by atoms with Gasteiger partial charge in [0, 0.05) is 30.1 Å².